The van der Waals surface area contributed by atoms with Gasteiger partial charge in [0.1, 0.15) is 5.54 Å². The second kappa shape index (κ2) is 5.71. The third-order valence-electron chi connectivity index (χ3n) is 3.62. The monoisotopic (exact) mass is 302 g/mol. The van der Waals surface area contributed by atoms with E-state index < -0.39 is 5.54 Å². The summed E-state index contributed by atoms with van der Waals surface area (Å²) < 4.78 is 1.55. The molecular weight excluding hydrogens is 280 g/mol. The van der Waals surface area contributed by atoms with Crippen molar-refractivity contribution in [3.05, 3.63) is 34.6 Å². The number of benzene rings is 1. The number of hydrogen-bond acceptors (Lipinski definition) is 4. The number of pyridine rings is 1. The van der Waals surface area contributed by atoms with E-state index in [0.29, 0.717) is 17.9 Å². The van der Waals surface area contributed by atoms with Crippen LogP contribution in [0.1, 0.15) is 20.8 Å². The van der Waals surface area contributed by atoms with Crippen molar-refractivity contribution in [1.29, 1.82) is 0 Å². The quantitative estimate of drug-likeness (QED) is 0.746. The number of nitrogens with zero attached hydrogens (tertiary/aromatic N) is 1. The lowest BCUT2D eigenvalue weighted by molar-refractivity contribution is -0.124. The summed E-state index contributed by atoms with van der Waals surface area (Å²) in [5, 5.41) is 6.75. The number of aromatic nitrogens is 1. The minimum absolute atomic E-state index is 0.132. The lowest BCUT2D eigenvalue weighted by atomic mass is 10.0. The van der Waals surface area contributed by atoms with Crippen molar-refractivity contribution >= 4 is 28.2 Å². The molecule has 0 saturated heterocycles. The number of fused-ring (bicyclic) bond motifs is 1. The topological polar surface area (TPSA) is 89.2 Å². The van der Waals surface area contributed by atoms with Crippen molar-refractivity contribution in [2.45, 2.75) is 26.3 Å². The molecule has 6 heteroatoms. The van der Waals surface area contributed by atoms with Crippen LogP contribution in [-0.2, 0) is 11.8 Å². The molecule has 2 aromatic rings. The Morgan fingerprint density at radius 3 is 2.64 bits per heavy atom. The maximum absolute atomic E-state index is 12.1. The van der Waals surface area contributed by atoms with Gasteiger partial charge in [-0.25, -0.2) is 0 Å². The van der Waals surface area contributed by atoms with E-state index in [2.05, 4.69) is 10.6 Å². The van der Waals surface area contributed by atoms with Crippen molar-refractivity contribution in [2.24, 2.45) is 7.05 Å². The fourth-order valence-electron chi connectivity index (χ4n) is 2.36. The molecule has 0 aliphatic rings. The predicted molar refractivity (Wildman–Crippen MR) is 90.0 cm³/mol. The van der Waals surface area contributed by atoms with Gasteiger partial charge in [0.15, 0.2) is 0 Å². The van der Waals surface area contributed by atoms with E-state index in [1.807, 2.05) is 6.92 Å². The van der Waals surface area contributed by atoms with Gasteiger partial charge in [-0.1, -0.05) is 0 Å². The number of likely N-dealkylation sites (N-methyl/N-ethyl adjacent to an activating group) is 1. The number of nitrogens with one attached hydrogen (secondary N) is 2. The zero-order valence-corrected chi connectivity index (χ0v) is 13.4. The van der Waals surface area contributed by atoms with Crippen LogP contribution in [0.2, 0.25) is 0 Å². The number of hydrogen-bond donors (Lipinski definition) is 3. The number of carbonyl (C=O) groups excluding carboxylic acids is 1. The molecule has 1 amide bonds. The first kappa shape index (κ1) is 15.9. The Morgan fingerprint density at radius 1 is 1.32 bits per heavy atom. The van der Waals surface area contributed by atoms with Crippen LogP contribution in [0.3, 0.4) is 0 Å². The Balaban J connectivity index is 2.56. The van der Waals surface area contributed by atoms with Gasteiger partial charge in [-0.05, 0) is 39.0 Å². The maximum Gasteiger partial charge on any atom is 0.252 e. The van der Waals surface area contributed by atoms with Crippen molar-refractivity contribution in [3.63, 3.8) is 0 Å². The van der Waals surface area contributed by atoms with Crippen LogP contribution in [0, 0.1) is 0 Å². The molecule has 118 valence electrons. The average molecular weight is 302 g/mol. The number of nitrogens with two attached hydrogens (primary N) is 1. The molecule has 0 radical (unpaired) electrons. The summed E-state index contributed by atoms with van der Waals surface area (Å²) in [4.78, 5) is 24.3. The van der Waals surface area contributed by atoms with Crippen molar-refractivity contribution in [3.8, 4) is 0 Å². The van der Waals surface area contributed by atoms with Crippen molar-refractivity contribution < 1.29 is 4.79 Å². The average Bonchev–Trinajstić information content (AvgIpc) is 2.44. The summed E-state index contributed by atoms with van der Waals surface area (Å²) in [7, 11) is 1.71. The minimum atomic E-state index is -0.847. The Bertz CT molecular complexity index is 778. The zero-order chi connectivity index (χ0) is 16.5. The van der Waals surface area contributed by atoms with Gasteiger partial charge in [0, 0.05) is 36.4 Å². The van der Waals surface area contributed by atoms with Crippen LogP contribution in [-0.4, -0.2) is 22.6 Å². The van der Waals surface area contributed by atoms with Crippen LogP contribution >= 0.6 is 0 Å². The van der Waals surface area contributed by atoms with Crippen LogP contribution in [0.25, 0.3) is 10.9 Å². The summed E-state index contributed by atoms with van der Waals surface area (Å²) in [6, 6.07) is 6.84. The molecule has 1 aromatic carbocycles. The van der Waals surface area contributed by atoms with Gasteiger partial charge in [0.25, 0.3) is 5.56 Å². The Hall–Kier alpha value is -2.50. The molecular formula is C16H22N4O2. The van der Waals surface area contributed by atoms with E-state index in [4.69, 9.17) is 5.73 Å². The zero-order valence-electron chi connectivity index (χ0n) is 13.4. The smallest absolute Gasteiger partial charge is 0.252 e. The summed E-state index contributed by atoms with van der Waals surface area (Å²) in [6.07, 6.45) is 0. The molecule has 0 atom stereocenters. The summed E-state index contributed by atoms with van der Waals surface area (Å²) in [5.74, 6) is -0.132. The highest BCUT2D eigenvalue weighted by atomic mass is 16.2. The molecule has 0 fully saturated rings. The number of anilines is 2. The molecule has 22 heavy (non-hydrogen) atoms. The SMILES string of the molecule is CCNC(=O)C(C)(C)Nc1cc(=O)n(C)c2ccc(N)cc12. The predicted octanol–water partition coefficient (Wildman–Crippen LogP) is 1.45. The minimum Gasteiger partial charge on any atom is -0.399 e. The van der Waals surface area contributed by atoms with Gasteiger partial charge in [-0.2, -0.15) is 0 Å². The molecule has 0 saturated carbocycles. The fourth-order valence-corrected chi connectivity index (χ4v) is 2.36. The second-order valence-electron chi connectivity index (χ2n) is 5.84. The number of nitrogen functional groups attached to an aromatic ring is 1. The number of carbonyl (C=O) groups is 1. The molecule has 4 N–H and O–H groups in total. The molecule has 0 spiro atoms. The van der Waals surface area contributed by atoms with E-state index in [-0.39, 0.29) is 11.5 Å². The molecule has 0 aliphatic carbocycles. The van der Waals surface area contributed by atoms with Crippen LogP contribution in [0.15, 0.2) is 29.1 Å². The lowest BCUT2D eigenvalue weighted by Gasteiger charge is -2.27. The van der Waals surface area contributed by atoms with E-state index >= 15 is 0 Å². The molecule has 1 aromatic heterocycles. The Labute approximate surface area is 129 Å². The highest BCUT2D eigenvalue weighted by Gasteiger charge is 2.27. The van der Waals surface area contributed by atoms with Gasteiger partial charge in [0.05, 0.1) is 5.52 Å². The molecule has 0 aliphatic heterocycles. The standard InChI is InChI=1S/C16H22N4O2/c1-5-18-15(22)16(2,3)19-12-9-14(21)20(4)13-7-6-10(17)8-11(12)13/h6-9,19H,5,17H2,1-4H3,(H,18,22). The van der Waals surface area contributed by atoms with Gasteiger partial charge in [-0.3, -0.25) is 9.59 Å². The molecule has 6 nitrogen and oxygen atoms in total. The van der Waals surface area contributed by atoms with Crippen LogP contribution < -0.4 is 21.9 Å². The molecule has 1 heterocycles. The highest BCUT2D eigenvalue weighted by molar-refractivity contribution is 5.96. The maximum atomic E-state index is 12.1. The van der Waals surface area contributed by atoms with Crippen molar-refractivity contribution in [2.75, 3.05) is 17.6 Å². The van der Waals surface area contributed by atoms with Gasteiger partial charge >= 0.3 is 0 Å². The normalized spacial score (nSPS) is 11.5. The van der Waals surface area contributed by atoms with Gasteiger partial charge in [-0.15, -0.1) is 0 Å². The summed E-state index contributed by atoms with van der Waals surface area (Å²) >= 11 is 0. The van der Waals surface area contributed by atoms with E-state index in [9.17, 15) is 9.59 Å². The van der Waals surface area contributed by atoms with E-state index in [1.54, 1.807) is 43.7 Å². The molecule has 0 bridgehead atoms. The van der Waals surface area contributed by atoms with Crippen molar-refractivity contribution in [1.82, 2.24) is 9.88 Å². The molecule has 2 rings (SSSR count). The Kier molecular flexibility index (Phi) is 4.12. The summed E-state index contributed by atoms with van der Waals surface area (Å²) in [6.45, 7) is 5.96. The third-order valence-corrected chi connectivity index (χ3v) is 3.62. The largest absolute Gasteiger partial charge is 0.399 e. The number of aryl methyl sites for hydroxylation is 1. The van der Waals surface area contributed by atoms with Crippen LogP contribution in [0.4, 0.5) is 11.4 Å². The van der Waals surface area contributed by atoms with Crippen LogP contribution in [0.5, 0.6) is 0 Å². The lowest BCUT2D eigenvalue weighted by Crippen LogP contribution is -2.48. The number of rotatable bonds is 4. The summed E-state index contributed by atoms with van der Waals surface area (Å²) in [5.41, 5.74) is 6.82. The third kappa shape index (κ3) is 2.90. The first-order chi connectivity index (χ1) is 10.3. The first-order valence-corrected chi connectivity index (χ1v) is 7.22. The van der Waals surface area contributed by atoms with E-state index in [0.717, 1.165) is 10.9 Å². The van der Waals surface area contributed by atoms with Gasteiger partial charge in [0.2, 0.25) is 5.91 Å². The first-order valence-electron chi connectivity index (χ1n) is 7.22. The van der Waals surface area contributed by atoms with E-state index in [1.165, 1.54) is 6.07 Å². The number of amides is 1. The fraction of sp³-hybridized carbons (Fsp3) is 0.375. The van der Waals surface area contributed by atoms with Gasteiger partial charge < -0.3 is 20.9 Å². The Morgan fingerprint density at radius 2 is 2.00 bits per heavy atom. The highest BCUT2D eigenvalue weighted by Crippen LogP contribution is 2.26. The second-order valence-corrected chi connectivity index (χ2v) is 5.84. The molecule has 0 unspecified atom stereocenters.